The van der Waals surface area contributed by atoms with Gasteiger partial charge in [0.15, 0.2) is 6.29 Å². The van der Waals surface area contributed by atoms with Gasteiger partial charge in [-0.2, -0.15) is 0 Å². The lowest BCUT2D eigenvalue weighted by Crippen LogP contribution is -2.72. The third-order valence-electron chi connectivity index (χ3n) is 12.1. The first-order chi connectivity index (χ1) is 18.8. The first-order valence-electron chi connectivity index (χ1n) is 14.8. The Hall–Kier alpha value is -1.15. The van der Waals surface area contributed by atoms with Crippen molar-refractivity contribution in [1.82, 2.24) is 0 Å². The van der Waals surface area contributed by atoms with Gasteiger partial charge < -0.3 is 50.0 Å². The topological polar surface area (TPSA) is 186 Å². The quantitative estimate of drug-likeness (QED) is 0.171. The number of aliphatic hydroxyl groups is 7. The van der Waals surface area contributed by atoms with E-state index in [0.29, 0.717) is 38.5 Å². The van der Waals surface area contributed by atoms with E-state index in [1.54, 1.807) is 6.92 Å². The number of carbonyl (C=O) groups excluding carboxylic acids is 1. The molecule has 14 atom stereocenters. The predicted molar refractivity (Wildman–Crippen MR) is 137 cm³/mol. The number of ether oxygens (including phenoxy) is 3. The highest BCUT2D eigenvalue weighted by Crippen LogP contribution is 2.70. The van der Waals surface area contributed by atoms with Gasteiger partial charge in [-0.3, -0.25) is 0 Å². The Morgan fingerprint density at radius 3 is 2.42 bits per heavy atom. The number of rotatable bonds is 4. The molecule has 226 valence electrons. The molecule has 4 aliphatic carbocycles. The van der Waals surface area contributed by atoms with Crippen LogP contribution in [-0.2, 0) is 19.0 Å². The Morgan fingerprint density at radius 2 is 1.75 bits per heavy atom. The van der Waals surface area contributed by atoms with Crippen LogP contribution in [0.5, 0.6) is 0 Å². The molecular weight excluding hydrogens is 524 g/mol. The smallest absolute Gasteiger partial charge is 0.331 e. The van der Waals surface area contributed by atoms with Gasteiger partial charge in [0.1, 0.15) is 24.9 Å². The van der Waals surface area contributed by atoms with Crippen molar-refractivity contribution >= 4 is 5.97 Å². The van der Waals surface area contributed by atoms with E-state index in [1.807, 2.05) is 6.92 Å². The largest absolute Gasteiger partial charge is 0.458 e. The maximum atomic E-state index is 12.4. The highest BCUT2D eigenvalue weighted by molar-refractivity contribution is 5.85. The van der Waals surface area contributed by atoms with E-state index in [9.17, 15) is 40.5 Å². The molecule has 0 unspecified atom stereocenters. The van der Waals surface area contributed by atoms with Crippen LogP contribution in [0, 0.1) is 28.6 Å². The van der Waals surface area contributed by atoms with Crippen LogP contribution in [0.4, 0.5) is 0 Å². The molecule has 0 spiro atoms. The average molecular weight is 569 g/mol. The van der Waals surface area contributed by atoms with Gasteiger partial charge in [-0.1, -0.05) is 6.92 Å². The fraction of sp³-hybridized carbons (Fsp3) is 0.897. The second kappa shape index (κ2) is 9.68. The molecule has 0 bridgehead atoms. The number of cyclic esters (lactones) is 1. The summed E-state index contributed by atoms with van der Waals surface area (Å²) in [4.78, 5) is 11.8. The lowest BCUT2D eigenvalue weighted by atomic mass is 9.40. The average Bonchev–Trinajstić information content (AvgIpc) is 3.45. The zero-order chi connectivity index (χ0) is 28.8. The zero-order valence-corrected chi connectivity index (χ0v) is 23.2. The molecule has 11 heteroatoms. The monoisotopic (exact) mass is 568 g/mol. The second-order valence-electron chi connectivity index (χ2n) is 13.7. The summed E-state index contributed by atoms with van der Waals surface area (Å²) in [5.74, 6) is -1.38. The molecule has 7 N–H and O–H groups in total. The molecule has 2 heterocycles. The lowest BCUT2D eigenvalue weighted by Gasteiger charge is -2.67. The summed E-state index contributed by atoms with van der Waals surface area (Å²) in [6.07, 6.45) is -2.94. The number of fused-ring (bicyclic) bond motifs is 5. The van der Waals surface area contributed by atoms with Crippen LogP contribution >= 0.6 is 0 Å². The summed E-state index contributed by atoms with van der Waals surface area (Å²) in [7, 11) is 0. The Labute approximate surface area is 233 Å². The third kappa shape index (κ3) is 3.85. The Bertz CT molecular complexity index is 1050. The second-order valence-corrected chi connectivity index (χ2v) is 13.7. The van der Waals surface area contributed by atoms with Crippen LogP contribution in [0.25, 0.3) is 0 Å². The van der Waals surface area contributed by atoms with Crippen LogP contribution in [0.15, 0.2) is 11.6 Å². The number of hydrogen-bond acceptors (Lipinski definition) is 11. The normalized spacial score (nSPS) is 56.1. The van der Waals surface area contributed by atoms with Gasteiger partial charge in [0, 0.05) is 29.2 Å². The van der Waals surface area contributed by atoms with Crippen LogP contribution < -0.4 is 0 Å². The van der Waals surface area contributed by atoms with Crippen LogP contribution in [-0.4, -0.2) is 109 Å². The maximum absolute atomic E-state index is 12.4. The molecule has 0 aromatic rings. The molecule has 0 radical (unpaired) electrons. The van der Waals surface area contributed by atoms with E-state index in [2.05, 4.69) is 0 Å². The fourth-order valence-corrected chi connectivity index (χ4v) is 10.0. The van der Waals surface area contributed by atoms with Crippen LogP contribution in [0.3, 0.4) is 0 Å². The highest BCUT2D eigenvalue weighted by Gasteiger charge is 2.73. The highest BCUT2D eigenvalue weighted by atomic mass is 16.7. The Morgan fingerprint density at radius 1 is 1.00 bits per heavy atom. The molecule has 0 aromatic carbocycles. The SMILES string of the molecule is C[C@H]1O[C@@H](O[C@H]2CC[C@]3(CO)[C@H]4[C@H](O)C[C@]5(C)[C@@H](C6=CC(=O)OC6)CC[C@]5(O)[C@@H]4CC[C@]3(O)C2)[C@H](O)[C@H](O)[C@@H]1O. The van der Waals surface area contributed by atoms with Gasteiger partial charge in [-0.25, -0.2) is 4.79 Å². The van der Waals surface area contributed by atoms with Crippen molar-refractivity contribution in [2.24, 2.45) is 28.6 Å². The summed E-state index contributed by atoms with van der Waals surface area (Å²) in [5, 5.41) is 77.8. The minimum atomic E-state index is -1.46. The van der Waals surface area contributed by atoms with Crippen molar-refractivity contribution in [3.63, 3.8) is 0 Å². The van der Waals surface area contributed by atoms with E-state index < -0.39 is 70.9 Å². The molecule has 5 fully saturated rings. The Kier molecular flexibility index (Phi) is 7.01. The summed E-state index contributed by atoms with van der Waals surface area (Å²) in [6.45, 7) is 3.41. The number of carbonyl (C=O) groups is 1. The van der Waals surface area contributed by atoms with Crippen LogP contribution in [0.1, 0.15) is 65.2 Å². The van der Waals surface area contributed by atoms with E-state index in [0.717, 1.165) is 5.57 Å². The Balaban J connectivity index is 1.25. The van der Waals surface area contributed by atoms with Gasteiger partial charge >= 0.3 is 5.97 Å². The van der Waals surface area contributed by atoms with Gasteiger partial charge in [0.05, 0.1) is 36.1 Å². The molecule has 40 heavy (non-hydrogen) atoms. The number of hydrogen-bond donors (Lipinski definition) is 7. The molecule has 6 rings (SSSR count). The minimum absolute atomic E-state index is 0.104. The predicted octanol–water partition coefficient (Wildman–Crippen LogP) is -0.486. The molecule has 0 aromatic heterocycles. The summed E-state index contributed by atoms with van der Waals surface area (Å²) in [6, 6.07) is 0. The molecule has 11 nitrogen and oxygen atoms in total. The fourth-order valence-electron chi connectivity index (χ4n) is 10.0. The molecule has 0 amide bonds. The van der Waals surface area contributed by atoms with Crippen LogP contribution in [0.2, 0.25) is 0 Å². The van der Waals surface area contributed by atoms with E-state index in [1.165, 1.54) is 6.08 Å². The van der Waals surface area contributed by atoms with Crippen molar-refractivity contribution < 1.29 is 54.8 Å². The lowest BCUT2D eigenvalue weighted by molar-refractivity contribution is -0.327. The van der Waals surface area contributed by atoms with Gasteiger partial charge in [-0.15, -0.1) is 0 Å². The molecule has 1 saturated heterocycles. The van der Waals surface area contributed by atoms with Crippen molar-refractivity contribution in [2.45, 2.75) is 119 Å². The molecular formula is C29H44O11. The van der Waals surface area contributed by atoms with E-state index in [-0.39, 0.29) is 43.9 Å². The molecule has 2 aliphatic heterocycles. The summed E-state index contributed by atoms with van der Waals surface area (Å²) in [5.41, 5.74) is -3.43. The molecule has 4 saturated carbocycles. The van der Waals surface area contributed by atoms with E-state index in [4.69, 9.17) is 14.2 Å². The number of esters is 1. The van der Waals surface area contributed by atoms with Crippen molar-refractivity contribution in [1.29, 1.82) is 0 Å². The first-order valence-corrected chi connectivity index (χ1v) is 14.8. The van der Waals surface area contributed by atoms with Gasteiger partial charge in [-0.05, 0) is 69.3 Å². The zero-order valence-electron chi connectivity index (χ0n) is 23.2. The van der Waals surface area contributed by atoms with Gasteiger partial charge in [0.2, 0.25) is 0 Å². The van der Waals surface area contributed by atoms with Gasteiger partial charge in [0.25, 0.3) is 0 Å². The van der Waals surface area contributed by atoms with Crippen molar-refractivity contribution in [3.8, 4) is 0 Å². The maximum Gasteiger partial charge on any atom is 0.331 e. The standard InChI is InChI=1S/C29H44O11/c1-14-22(33)23(34)24(35)25(39-14)40-16-3-6-27(13-30)21-18(4-7-28(27,36)10-16)29(37)8-5-17(15-9-20(32)38-12-15)26(29,2)11-19(21)31/h9,14,16-19,21-25,30-31,33-37H,3-8,10-13H2,1-2H3/t14-,16+,17-,18-,19-,21-,22-,23-,24-,25+,26-,27+,28+,29+/m1/s1. The first kappa shape index (κ1) is 28.9. The number of aliphatic hydroxyl groups excluding tert-OH is 5. The minimum Gasteiger partial charge on any atom is -0.458 e. The van der Waals surface area contributed by atoms with Crippen molar-refractivity contribution in [3.05, 3.63) is 11.6 Å². The summed E-state index contributed by atoms with van der Waals surface area (Å²) < 4.78 is 16.8. The van der Waals surface area contributed by atoms with E-state index >= 15 is 0 Å². The molecule has 6 aliphatic rings. The van der Waals surface area contributed by atoms with Crippen molar-refractivity contribution in [2.75, 3.05) is 13.2 Å². The third-order valence-corrected chi connectivity index (χ3v) is 12.1. The summed E-state index contributed by atoms with van der Waals surface area (Å²) >= 11 is 0.